The number of allylic oxidation sites excluding steroid dienone is 1. The Labute approximate surface area is 173 Å². The molecule has 5 aromatic rings. The molecule has 0 aliphatic rings. The van der Waals surface area contributed by atoms with Gasteiger partial charge in [-0.15, -0.1) is 10.2 Å². The number of fused-ring (bicyclic) bond motifs is 4. The fraction of sp³-hybridized carbons (Fsp3) is 0.100. The van der Waals surface area contributed by atoms with Gasteiger partial charge in [-0.05, 0) is 31.2 Å². The number of thioether (sulfide) groups is 1. The topological polar surface area (TPSA) is 103 Å². The molecule has 0 bridgehead atoms. The molecule has 0 amide bonds. The van der Waals surface area contributed by atoms with Crippen LogP contribution in [0.25, 0.3) is 31.8 Å². The first-order chi connectivity index (χ1) is 14.2. The smallest absolute Gasteiger partial charge is 0.217 e. The van der Waals surface area contributed by atoms with Crippen LogP contribution < -0.4 is 0 Å². The largest absolute Gasteiger partial charge is 0.510 e. The molecule has 0 fully saturated rings. The SMILES string of the molecule is CC(Sc1nnc2sc3ccccc3n12)/C(O)=C(\C#N)c1nc2ccccc2[nH]1. The minimum absolute atomic E-state index is 0.0483. The standard InChI is InChI=1S/C20H14N6OS2/c1-11(17(27)12(10-21)18-22-13-6-2-3-7-14(13)23-18)28-19-24-25-20-26(19)15-8-4-5-9-16(15)29-20/h2-9,11,27H,1H3,(H,22,23)/b17-12-. The first kappa shape index (κ1) is 17.7. The van der Waals surface area contributed by atoms with E-state index in [-0.39, 0.29) is 11.3 Å². The lowest BCUT2D eigenvalue weighted by atomic mass is 10.2. The zero-order chi connectivity index (χ0) is 20.0. The second-order valence-electron chi connectivity index (χ2n) is 6.41. The molecule has 0 radical (unpaired) electrons. The molecule has 5 rings (SSSR count). The third kappa shape index (κ3) is 2.93. The highest BCUT2D eigenvalue weighted by molar-refractivity contribution is 8.00. The van der Waals surface area contributed by atoms with Crippen molar-refractivity contribution in [2.75, 3.05) is 0 Å². The van der Waals surface area contributed by atoms with Gasteiger partial charge in [0.05, 0.1) is 26.5 Å². The van der Waals surface area contributed by atoms with Crippen LogP contribution in [0, 0.1) is 11.3 Å². The summed E-state index contributed by atoms with van der Waals surface area (Å²) in [4.78, 5) is 8.32. The summed E-state index contributed by atoms with van der Waals surface area (Å²) < 4.78 is 3.09. The van der Waals surface area contributed by atoms with Gasteiger partial charge in [-0.3, -0.25) is 4.40 Å². The van der Waals surface area contributed by atoms with Crippen LogP contribution in [0.4, 0.5) is 0 Å². The lowest BCUT2D eigenvalue weighted by Gasteiger charge is -2.10. The predicted molar refractivity (Wildman–Crippen MR) is 115 cm³/mol. The van der Waals surface area contributed by atoms with Gasteiger partial charge < -0.3 is 10.1 Å². The number of aromatic nitrogens is 5. The molecule has 3 heterocycles. The number of nitrogens with zero attached hydrogens (tertiary/aromatic N) is 5. The van der Waals surface area contributed by atoms with E-state index in [2.05, 4.69) is 26.2 Å². The Bertz CT molecular complexity index is 1400. The summed E-state index contributed by atoms with van der Waals surface area (Å²) in [5.74, 6) is 0.305. The highest BCUT2D eigenvalue weighted by Crippen LogP contribution is 2.34. The van der Waals surface area contributed by atoms with E-state index < -0.39 is 5.25 Å². The van der Waals surface area contributed by atoms with Gasteiger partial charge in [0.15, 0.2) is 11.0 Å². The Morgan fingerprint density at radius 1 is 1.21 bits per heavy atom. The molecule has 0 aliphatic heterocycles. The van der Waals surface area contributed by atoms with Crippen molar-refractivity contribution < 1.29 is 5.11 Å². The van der Waals surface area contributed by atoms with Crippen LogP contribution in [-0.4, -0.2) is 34.9 Å². The summed E-state index contributed by atoms with van der Waals surface area (Å²) in [6, 6.07) is 17.6. The zero-order valence-electron chi connectivity index (χ0n) is 15.2. The number of rotatable bonds is 4. The second kappa shape index (κ2) is 6.92. The first-order valence-corrected chi connectivity index (χ1v) is 10.5. The van der Waals surface area contributed by atoms with Crippen LogP contribution in [0.2, 0.25) is 0 Å². The number of hydrogen-bond donors (Lipinski definition) is 2. The van der Waals surface area contributed by atoms with Crippen molar-refractivity contribution >= 4 is 54.9 Å². The van der Waals surface area contributed by atoms with Crippen molar-refractivity contribution in [2.45, 2.75) is 17.3 Å². The molecule has 0 saturated heterocycles. The fourth-order valence-corrected chi connectivity index (χ4v) is 5.10. The average Bonchev–Trinajstić information content (AvgIpc) is 3.42. The lowest BCUT2D eigenvalue weighted by Crippen LogP contribution is -2.06. The maximum absolute atomic E-state index is 10.8. The maximum Gasteiger partial charge on any atom is 0.217 e. The van der Waals surface area contributed by atoms with E-state index in [1.807, 2.05) is 59.9 Å². The van der Waals surface area contributed by atoms with E-state index in [4.69, 9.17) is 0 Å². The van der Waals surface area contributed by atoms with Crippen LogP contribution in [-0.2, 0) is 0 Å². The van der Waals surface area contributed by atoms with Gasteiger partial charge in [0.25, 0.3) is 0 Å². The minimum atomic E-state index is -0.413. The molecular weight excluding hydrogens is 404 g/mol. The van der Waals surface area contributed by atoms with Crippen LogP contribution >= 0.6 is 23.1 Å². The normalized spacial score (nSPS) is 13.7. The van der Waals surface area contributed by atoms with Crippen LogP contribution in [0.15, 0.2) is 59.4 Å². The van der Waals surface area contributed by atoms with Crippen molar-refractivity contribution in [3.63, 3.8) is 0 Å². The van der Waals surface area contributed by atoms with Gasteiger partial charge in [0.1, 0.15) is 17.4 Å². The number of nitriles is 1. The molecule has 2 N–H and O–H groups in total. The number of para-hydroxylation sites is 3. The van der Waals surface area contributed by atoms with Gasteiger partial charge in [-0.25, -0.2) is 4.98 Å². The molecule has 1 unspecified atom stereocenters. The quantitative estimate of drug-likeness (QED) is 0.247. The van der Waals surface area contributed by atoms with E-state index in [1.165, 1.54) is 11.8 Å². The van der Waals surface area contributed by atoms with Crippen molar-refractivity contribution in [3.05, 3.63) is 60.1 Å². The summed E-state index contributed by atoms with van der Waals surface area (Å²) in [7, 11) is 0. The van der Waals surface area contributed by atoms with Crippen LogP contribution in [0.1, 0.15) is 12.7 Å². The average molecular weight is 419 g/mol. The molecule has 2 aromatic carbocycles. The molecule has 3 aromatic heterocycles. The third-order valence-electron chi connectivity index (χ3n) is 4.57. The van der Waals surface area contributed by atoms with Crippen molar-refractivity contribution in [1.29, 1.82) is 5.26 Å². The molecule has 29 heavy (non-hydrogen) atoms. The zero-order valence-corrected chi connectivity index (χ0v) is 16.8. The first-order valence-electron chi connectivity index (χ1n) is 8.83. The van der Waals surface area contributed by atoms with Gasteiger partial charge in [-0.1, -0.05) is 47.4 Å². The fourth-order valence-electron chi connectivity index (χ4n) is 3.15. The number of nitrogens with one attached hydrogen (secondary N) is 1. The summed E-state index contributed by atoms with van der Waals surface area (Å²) in [5, 5.41) is 29.2. The second-order valence-corrected chi connectivity index (χ2v) is 8.72. The Morgan fingerprint density at radius 3 is 2.83 bits per heavy atom. The molecule has 0 saturated carbocycles. The number of thiazole rings is 1. The number of hydrogen-bond acceptors (Lipinski definition) is 7. The van der Waals surface area contributed by atoms with E-state index >= 15 is 0 Å². The van der Waals surface area contributed by atoms with Crippen LogP contribution in [0.5, 0.6) is 0 Å². The van der Waals surface area contributed by atoms with Gasteiger partial charge in [0.2, 0.25) is 4.96 Å². The Kier molecular flexibility index (Phi) is 4.23. The molecule has 0 aliphatic carbocycles. The number of benzene rings is 2. The molecular formula is C20H14N6OS2. The number of imidazole rings is 1. The monoisotopic (exact) mass is 418 g/mol. The Hall–Kier alpha value is -3.35. The summed E-state index contributed by atoms with van der Waals surface area (Å²) in [6.07, 6.45) is 0. The number of aliphatic hydroxyl groups excluding tert-OH is 1. The van der Waals surface area contributed by atoms with Crippen LogP contribution in [0.3, 0.4) is 0 Å². The van der Waals surface area contributed by atoms with Crippen molar-refractivity contribution in [1.82, 2.24) is 24.6 Å². The molecule has 7 nitrogen and oxygen atoms in total. The molecule has 1 atom stereocenters. The molecule has 9 heteroatoms. The summed E-state index contributed by atoms with van der Waals surface area (Å²) in [5.41, 5.74) is 2.70. The highest BCUT2D eigenvalue weighted by Gasteiger charge is 2.22. The van der Waals surface area contributed by atoms with Crippen molar-refractivity contribution in [2.24, 2.45) is 0 Å². The lowest BCUT2D eigenvalue weighted by molar-refractivity contribution is 0.401. The van der Waals surface area contributed by atoms with E-state index in [0.29, 0.717) is 11.0 Å². The van der Waals surface area contributed by atoms with Gasteiger partial charge in [0, 0.05) is 0 Å². The number of aliphatic hydroxyl groups is 1. The van der Waals surface area contributed by atoms with Crippen molar-refractivity contribution in [3.8, 4) is 6.07 Å². The summed E-state index contributed by atoms with van der Waals surface area (Å²) in [6.45, 7) is 1.83. The summed E-state index contributed by atoms with van der Waals surface area (Å²) >= 11 is 2.91. The minimum Gasteiger partial charge on any atom is -0.510 e. The number of aromatic amines is 1. The van der Waals surface area contributed by atoms with E-state index in [9.17, 15) is 10.4 Å². The van der Waals surface area contributed by atoms with Gasteiger partial charge in [-0.2, -0.15) is 5.26 Å². The Balaban J connectivity index is 1.53. The number of H-pyrrole nitrogens is 1. The van der Waals surface area contributed by atoms with E-state index in [1.54, 1.807) is 11.3 Å². The predicted octanol–water partition coefficient (Wildman–Crippen LogP) is 4.79. The third-order valence-corrected chi connectivity index (χ3v) is 6.64. The van der Waals surface area contributed by atoms with E-state index in [0.717, 1.165) is 26.2 Å². The highest BCUT2D eigenvalue weighted by atomic mass is 32.2. The Morgan fingerprint density at radius 2 is 2.00 bits per heavy atom. The molecule has 0 spiro atoms. The van der Waals surface area contributed by atoms with Gasteiger partial charge >= 0.3 is 0 Å². The molecule has 142 valence electrons. The maximum atomic E-state index is 10.8.